The van der Waals surface area contributed by atoms with Gasteiger partial charge in [-0.05, 0) is 60.4 Å². The van der Waals surface area contributed by atoms with E-state index in [0.717, 1.165) is 23.5 Å². The van der Waals surface area contributed by atoms with E-state index in [1.807, 2.05) is 12.1 Å². The van der Waals surface area contributed by atoms with E-state index in [1.165, 1.54) is 19.3 Å². The maximum Gasteiger partial charge on any atom is 0.169 e. The van der Waals surface area contributed by atoms with Gasteiger partial charge in [-0.2, -0.15) is 0 Å². The van der Waals surface area contributed by atoms with E-state index >= 15 is 0 Å². The fourth-order valence-corrected chi connectivity index (χ4v) is 3.01. The quantitative estimate of drug-likeness (QED) is 0.925. The van der Waals surface area contributed by atoms with Gasteiger partial charge in [0.05, 0.1) is 6.54 Å². The Morgan fingerprint density at radius 2 is 2.31 bits per heavy atom. The maximum atomic E-state index is 5.80. The van der Waals surface area contributed by atoms with Crippen molar-refractivity contribution in [1.82, 2.24) is 4.90 Å². The molecule has 0 saturated heterocycles. The topological polar surface area (TPSA) is 42.4 Å². The van der Waals surface area contributed by atoms with Crippen LogP contribution in [0.15, 0.2) is 21.2 Å². The van der Waals surface area contributed by atoms with Crippen molar-refractivity contribution < 1.29 is 4.42 Å². The van der Waals surface area contributed by atoms with Crippen LogP contribution < -0.4 is 5.73 Å². The number of rotatable bonds is 4. The minimum atomic E-state index is 0.619. The molecular weight excluding hydrogens is 268 g/mol. The Bertz CT molecular complexity index is 340. The zero-order valence-electron chi connectivity index (χ0n) is 9.66. The van der Waals surface area contributed by atoms with Crippen molar-refractivity contribution in [1.29, 1.82) is 0 Å². The van der Waals surface area contributed by atoms with Gasteiger partial charge in [0.25, 0.3) is 0 Å². The molecule has 2 rings (SSSR count). The highest BCUT2D eigenvalue weighted by molar-refractivity contribution is 9.10. The van der Waals surface area contributed by atoms with Crippen molar-refractivity contribution in [2.24, 2.45) is 11.7 Å². The largest absolute Gasteiger partial charge is 0.453 e. The van der Waals surface area contributed by atoms with Gasteiger partial charge in [-0.3, -0.25) is 4.90 Å². The first-order valence-corrected chi connectivity index (χ1v) is 6.64. The molecule has 1 aromatic rings. The summed E-state index contributed by atoms with van der Waals surface area (Å²) >= 11 is 3.33. The lowest BCUT2D eigenvalue weighted by molar-refractivity contribution is 0.179. The van der Waals surface area contributed by atoms with Gasteiger partial charge in [-0.25, -0.2) is 0 Å². The number of hydrogen-bond acceptors (Lipinski definition) is 3. The summed E-state index contributed by atoms with van der Waals surface area (Å²) in [4.78, 5) is 2.37. The van der Waals surface area contributed by atoms with Crippen molar-refractivity contribution in [3.05, 3.63) is 22.6 Å². The molecule has 2 N–H and O–H groups in total. The van der Waals surface area contributed by atoms with E-state index in [2.05, 4.69) is 27.9 Å². The molecule has 0 radical (unpaired) electrons. The zero-order valence-corrected chi connectivity index (χ0v) is 11.2. The van der Waals surface area contributed by atoms with Gasteiger partial charge in [0, 0.05) is 6.04 Å². The van der Waals surface area contributed by atoms with E-state index < -0.39 is 0 Å². The summed E-state index contributed by atoms with van der Waals surface area (Å²) in [5, 5.41) is 0. The third-order valence-electron chi connectivity index (χ3n) is 3.52. The van der Waals surface area contributed by atoms with E-state index in [1.54, 1.807) is 0 Å². The standard InChI is InChI=1S/C12H19BrN2O/c1-15(8-10-5-6-12(13)16-10)11-4-2-3-9(11)7-14/h5-6,9,11H,2-4,7-8,14H2,1H3. The lowest BCUT2D eigenvalue weighted by atomic mass is 10.0. The summed E-state index contributed by atoms with van der Waals surface area (Å²) in [5.41, 5.74) is 5.80. The van der Waals surface area contributed by atoms with Crippen molar-refractivity contribution in [2.75, 3.05) is 13.6 Å². The van der Waals surface area contributed by atoms with Crippen LogP contribution in [0.2, 0.25) is 0 Å². The molecule has 1 aliphatic rings. The molecule has 1 fully saturated rings. The Balaban J connectivity index is 1.94. The SMILES string of the molecule is CN(Cc1ccc(Br)o1)C1CCCC1CN. The normalized spacial score (nSPS) is 25.5. The lowest BCUT2D eigenvalue weighted by Gasteiger charge is -2.28. The van der Waals surface area contributed by atoms with Gasteiger partial charge in [0.15, 0.2) is 4.67 Å². The third-order valence-corrected chi connectivity index (χ3v) is 3.95. The van der Waals surface area contributed by atoms with E-state index in [9.17, 15) is 0 Å². The summed E-state index contributed by atoms with van der Waals surface area (Å²) in [6.45, 7) is 1.67. The Kier molecular flexibility index (Phi) is 4.05. The molecule has 16 heavy (non-hydrogen) atoms. The van der Waals surface area contributed by atoms with Gasteiger partial charge < -0.3 is 10.2 Å². The van der Waals surface area contributed by atoms with E-state index in [0.29, 0.717) is 12.0 Å². The van der Waals surface area contributed by atoms with Gasteiger partial charge in [0.2, 0.25) is 0 Å². The number of hydrogen-bond donors (Lipinski definition) is 1. The second-order valence-electron chi connectivity index (χ2n) is 4.61. The molecule has 1 aliphatic carbocycles. The highest BCUT2D eigenvalue weighted by atomic mass is 79.9. The fourth-order valence-electron chi connectivity index (χ4n) is 2.67. The molecular formula is C12H19BrN2O. The van der Waals surface area contributed by atoms with Crippen molar-refractivity contribution in [3.8, 4) is 0 Å². The predicted molar refractivity (Wildman–Crippen MR) is 68.1 cm³/mol. The average molecular weight is 287 g/mol. The molecule has 1 saturated carbocycles. The molecule has 0 amide bonds. The first kappa shape index (κ1) is 12.1. The smallest absolute Gasteiger partial charge is 0.169 e. The number of halogens is 1. The Morgan fingerprint density at radius 3 is 2.94 bits per heavy atom. The third kappa shape index (κ3) is 2.67. The van der Waals surface area contributed by atoms with Crippen LogP contribution in [0, 0.1) is 5.92 Å². The molecule has 0 aliphatic heterocycles. The summed E-state index contributed by atoms with van der Waals surface area (Å²) < 4.78 is 6.33. The number of furan rings is 1. The minimum Gasteiger partial charge on any atom is -0.453 e. The minimum absolute atomic E-state index is 0.619. The van der Waals surface area contributed by atoms with Gasteiger partial charge >= 0.3 is 0 Å². The summed E-state index contributed by atoms with van der Waals surface area (Å²) in [6.07, 6.45) is 3.84. The molecule has 90 valence electrons. The fraction of sp³-hybridized carbons (Fsp3) is 0.667. The highest BCUT2D eigenvalue weighted by Gasteiger charge is 2.29. The van der Waals surface area contributed by atoms with Crippen molar-refractivity contribution >= 4 is 15.9 Å². The molecule has 2 unspecified atom stereocenters. The van der Waals surface area contributed by atoms with Crippen molar-refractivity contribution in [3.63, 3.8) is 0 Å². The van der Waals surface area contributed by atoms with Gasteiger partial charge in [-0.1, -0.05) is 6.42 Å². The monoisotopic (exact) mass is 286 g/mol. The molecule has 2 atom stereocenters. The molecule has 1 heterocycles. The van der Waals surface area contributed by atoms with Gasteiger partial charge in [-0.15, -0.1) is 0 Å². The Morgan fingerprint density at radius 1 is 1.50 bits per heavy atom. The molecule has 3 nitrogen and oxygen atoms in total. The summed E-state index contributed by atoms with van der Waals surface area (Å²) in [6, 6.07) is 4.58. The van der Waals surface area contributed by atoms with E-state index in [-0.39, 0.29) is 0 Å². The van der Waals surface area contributed by atoms with Crippen LogP contribution >= 0.6 is 15.9 Å². The van der Waals surface area contributed by atoms with Crippen LogP contribution in [0.3, 0.4) is 0 Å². The highest BCUT2D eigenvalue weighted by Crippen LogP contribution is 2.29. The van der Waals surface area contributed by atoms with Crippen LogP contribution in [0.25, 0.3) is 0 Å². The van der Waals surface area contributed by atoms with Crippen molar-refractivity contribution in [2.45, 2.75) is 31.8 Å². The maximum absolute atomic E-state index is 5.80. The second-order valence-corrected chi connectivity index (χ2v) is 5.40. The van der Waals surface area contributed by atoms with Crippen LogP contribution in [-0.2, 0) is 6.54 Å². The number of nitrogens with two attached hydrogens (primary N) is 1. The first-order chi connectivity index (χ1) is 7.70. The summed E-state index contributed by atoms with van der Waals surface area (Å²) in [5.74, 6) is 1.67. The van der Waals surface area contributed by atoms with Crippen LogP contribution in [-0.4, -0.2) is 24.5 Å². The molecule has 1 aromatic heterocycles. The average Bonchev–Trinajstić information content (AvgIpc) is 2.86. The zero-order chi connectivity index (χ0) is 11.5. The second kappa shape index (κ2) is 5.34. The summed E-state index contributed by atoms with van der Waals surface area (Å²) in [7, 11) is 2.16. The predicted octanol–water partition coefficient (Wildman–Crippen LogP) is 2.60. The lowest BCUT2D eigenvalue weighted by Crippen LogP contribution is -2.37. The first-order valence-electron chi connectivity index (χ1n) is 5.85. The Hall–Kier alpha value is -0.320. The Labute approximate surface area is 105 Å². The molecule has 0 aromatic carbocycles. The molecule has 0 spiro atoms. The van der Waals surface area contributed by atoms with Gasteiger partial charge in [0.1, 0.15) is 5.76 Å². The number of nitrogens with zero attached hydrogens (tertiary/aromatic N) is 1. The van der Waals surface area contributed by atoms with Crippen LogP contribution in [0.1, 0.15) is 25.0 Å². The molecule has 0 bridgehead atoms. The van der Waals surface area contributed by atoms with Crippen LogP contribution in [0.4, 0.5) is 0 Å². The van der Waals surface area contributed by atoms with Crippen LogP contribution in [0.5, 0.6) is 0 Å². The van der Waals surface area contributed by atoms with E-state index in [4.69, 9.17) is 10.2 Å². The molecule has 4 heteroatoms.